The Morgan fingerprint density at radius 3 is 2.83 bits per heavy atom. The summed E-state index contributed by atoms with van der Waals surface area (Å²) in [5.41, 5.74) is 7.12. The number of amides is 1. The van der Waals surface area contributed by atoms with E-state index < -0.39 is 0 Å². The summed E-state index contributed by atoms with van der Waals surface area (Å²) in [5, 5.41) is 2.71. The van der Waals surface area contributed by atoms with Crippen LogP contribution in [0.3, 0.4) is 0 Å². The summed E-state index contributed by atoms with van der Waals surface area (Å²) < 4.78 is 10.5. The van der Waals surface area contributed by atoms with Gasteiger partial charge < -0.3 is 20.2 Å². The Labute approximate surface area is 112 Å². The van der Waals surface area contributed by atoms with Gasteiger partial charge in [0.1, 0.15) is 5.75 Å². The highest BCUT2D eigenvalue weighted by Gasteiger charge is 2.14. The molecule has 0 spiro atoms. The van der Waals surface area contributed by atoms with Crippen LogP contribution in [0, 0.1) is 0 Å². The molecule has 0 unspecified atom stereocenters. The number of anilines is 2. The van der Waals surface area contributed by atoms with Crippen molar-refractivity contribution >= 4 is 33.2 Å². The van der Waals surface area contributed by atoms with Gasteiger partial charge in [-0.25, -0.2) is 0 Å². The normalized spacial score (nSPS) is 10.1. The molecule has 0 aliphatic rings. The molecule has 0 bridgehead atoms. The van der Waals surface area contributed by atoms with Crippen LogP contribution in [0.15, 0.2) is 39.6 Å². The van der Waals surface area contributed by atoms with E-state index in [1.807, 2.05) is 0 Å². The first kappa shape index (κ1) is 12.5. The number of nitrogens with two attached hydrogens (primary N) is 1. The van der Waals surface area contributed by atoms with E-state index >= 15 is 0 Å². The van der Waals surface area contributed by atoms with Gasteiger partial charge in [0, 0.05) is 5.69 Å². The van der Waals surface area contributed by atoms with Gasteiger partial charge in [0.2, 0.25) is 0 Å². The van der Waals surface area contributed by atoms with Crippen LogP contribution in [0.1, 0.15) is 10.4 Å². The Kier molecular flexibility index (Phi) is 3.57. The molecule has 1 amide bonds. The molecule has 0 saturated heterocycles. The summed E-state index contributed by atoms with van der Waals surface area (Å²) >= 11 is 3.15. The number of hydrogen-bond acceptors (Lipinski definition) is 4. The zero-order chi connectivity index (χ0) is 13.1. The molecule has 0 radical (unpaired) electrons. The van der Waals surface area contributed by atoms with Crippen LogP contribution >= 0.6 is 15.9 Å². The Hall–Kier alpha value is -1.95. The number of nitrogens with one attached hydrogen (secondary N) is 1. The maximum absolute atomic E-state index is 12.0. The number of nitrogen functional groups attached to an aromatic ring is 1. The van der Waals surface area contributed by atoms with Crippen molar-refractivity contribution in [2.24, 2.45) is 0 Å². The van der Waals surface area contributed by atoms with Gasteiger partial charge in [-0.1, -0.05) is 0 Å². The van der Waals surface area contributed by atoms with Crippen molar-refractivity contribution in [3.05, 3.63) is 40.8 Å². The van der Waals surface area contributed by atoms with Crippen LogP contribution in [0.5, 0.6) is 5.75 Å². The van der Waals surface area contributed by atoms with E-state index in [9.17, 15) is 4.79 Å². The quantitative estimate of drug-likeness (QED) is 0.855. The van der Waals surface area contributed by atoms with Gasteiger partial charge in [-0.15, -0.1) is 0 Å². The van der Waals surface area contributed by atoms with E-state index in [1.54, 1.807) is 24.3 Å². The van der Waals surface area contributed by atoms with E-state index in [0.29, 0.717) is 27.4 Å². The fourth-order valence-electron chi connectivity index (χ4n) is 1.47. The largest absolute Gasteiger partial charge is 0.495 e. The number of rotatable bonds is 3. The van der Waals surface area contributed by atoms with Crippen LogP contribution in [-0.4, -0.2) is 13.0 Å². The second-order valence-corrected chi connectivity index (χ2v) is 4.24. The van der Waals surface area contributed by atoms with Crippen molar-refractivity contribution in [1.29, 1.82) is 0 Å². The lowest BCUT2D eigenvalue weighted by molar-refractivity contribution is 0.102. The van der Waals surface area contributed by atoms with Gasteiger partial charge in [0.15, 0.2) is 4.67 Å². The van der Waals surface area contributed by atoms with Gasteiger partial charge in [-0.2, -0.15) is 0 Å². The zero-order valence-electron chi connectivity index (χ0n) is 9.57. The van der Waals surface area contributed by atoms with Crippen LogP contribution in [0.25, 0.3) is 0 Å². The lowest BCUT2D eigenvalue weighted by Gasteiger charge is -2.10. The maximum atomic E-state index is 12.0. The molecular weight excluding hydrogens is 300 g/mol. The standard InChI is InChI=1S/C12H11BrN2O3/c1-17-10-3-2-7(14)6-9(10)15-12(16)8-4-5-18-11(8)13/h2-6H,14H2,1H3,(H,15,16). The molecule has 1 aromatic carbocycles. The first-order chi connectivity index (χ1) is 8.61. The second-order valence-electron chi connectivity index (χ2n) is 3.52. The second kappa shape index (κ2) is 5.14. The highest BCUT2D eigenvalue weighted by molar-refractivity contribution is 9.10. The topological polar surface area (TPSA) is 77.5 Å². The molecule has 5 nitrogen and oxygen atoms in total. The minimum Gasteiger partial charge on any atom is -0.495 e. The average molecular weight is 311 g/mol. The van der Waals surface area contributed by atoms with E-state index in [4.69, 9.17) is 14.9 Å². The number of hydrogen-bond donors (Lipinski definition) is 2. The molecule has 6 heteroatoms. The number of carbonyl (C=O) groups is 1. The molecule has 2 aromatic rings. The number of carbonyl (C=O) groups excluding carboxylic acids is 1. The molecule has 0 aliphatic heterocycles. The zero-order valence-corrected chi connectivity index (χ0v) is 11.2. The van der Waals surface area contributed by atoms with Crippen LogP contribution in [0.4, 0.5) is 11.4 Å². The van der Waals surface area contributed by atoms with Gasteiger partial charge in [-0.05, 0) is 40.2 Å². The molecular formula is C12H11BrN2O3. The average Bonchev–Trinajstić information content (AvgIpc) is 2.76. The molecule has 18 heavy (non-hydrogen) atoms. The number of furan rings is 1. The van der Waals surface area contributed by atoms with E-state index in [2.05, 4.69) is 21.2 Å². The lowest BCUT2D eigenvalue weighted by Crippen LogP contribution is -2.12. The minimum absolute atomic E-state index is 0.306. The molecule has 1 heterocycles. The smallest absolute Gasteiger partial charge is 0.260 e. The summed E-state index contributed by atoms with van der Waals surface area (Å²) in [5.74, 6) is 0.233. The van der Waals surface area contributed by atoms with Crippen LogP contribution in [0.2, 0.25) is 0 Å². The van der Waals surface area contributed by atoms with Gasteiger partial charge in [0.25, 0.3) is 5.91 Å². The number of halogens is 1. The molecule has 2 rings (SSSR count). The minimum atomic E-state index is -0.306. The van der Waals surface area contributed by atoms with E-state index in [1.165, 1.54) is 13.4 Å². The molecule has 0 saturated carbocycles. The van der Waals surface area contributed by atoms with Crippen molar-refractivity contribution in [2.45, 2.75) is 0 Å². The van der Waals surface area contributed by atoms with E-state index in [-0.39, 0.29) is 5.91 Å². The third kappa shape index (κ3) is 2.48. The first-order valence-corrected chi connectivity index (χ1v) is 5.89. The molecule has 1 aromatic heterocycles. The predicted octanol–water partition coefficient (Wildman–Crippen LogP) is 2.89. The Morgan fingerprint density at radius 2 is 2.22 bits per heavy atom. The molecule has 0 atom stereocenters. The van der Waals surface area contributed by atoms with Crippen molar-refractivity contribution in [1.82, 2.24) is 0 Å². The summed E-state index contributed by atoms with van der Waals surface area (Å²) in [4.78, 5) is 12.0. The fourth-order valence-corrected chi connectivity index (χ4v) is 1.89. The Morgan fingerprint density at radius 1 is 1.44 bits per heavy atom. The van der Waals surface area contributed by atoms with Crippen LogP contribution in [-0.2, 0) is 0 Å². The van der Waals surface area contributed by atoms with Crippen molar-refractivity contribution in [3.8, 4) is 5.75 Å². The van der Waals surface area contributed by atoms with E-state index in [0.717, 1.165) is 0 Å². The van der Waals surface area contributed by atoms with Gasteiger partial charge in [0.05, 0.1) is 24.6 Å². The third-order valence-corrected chi connectivity index (χ3v) is 2.95. The Balaban J connectivity index is 2.27. The Bertz CT molecular complexity index is 580. The summed E-state index contributed by atoms with van der Waals surface area (Å²) in [6.07, 6.45) is 1.43. The van der Waals surface area contributed by atoms with Crippen molar-refractivity contribution in [3.63, 3.8) is 0 Å². The number of benzene rings is 1. The predicted molar refractivity (Wildman–Crippen MR) is 71.8 cm³/mol. The first-order valence-electron chi connectivity index (χ1n) is 5.09. The third-order valence-electron chi connectivity index (χ3n) is 2.33. The summed E-state index contributed by atoms with van der Waals surface area (Å²) in [6, 6.07) is 6.58. The fraction of sp³-hybridized carbons (Fsp3) is 0.0833. The van der Waals surface area contributed by atoms with Gasteiger partial charge in [-0.3, -0.25) is 4.79 Å². The highest BCUT2D eigenvalue weighted by Crippen LogP contribution is 2.28. The molecule has 0 fully saturated rings. The van der Waals surface area contributed by atoms with Crippen molar-refractivity contribution < 1.29 is 13.9 Å². The number of ether oxygens (including phenoxy) is 1. The lowest BCUT2D eigenvalue weighted by atomic mass is 10.2. The molecule has 94 valence electrons. The summed E-state index contributed by atoms with van der Waals surface area (Å²) in [7, 11) is 1.52. The monoisotopic (exact) mass is 310 g/mol. The van der Waals surface area contributed by atoms with Gasteiger partial charge >= 0.3 is 0 Å². The maximum Gasteiger partial charge on any atom is 0.260 e. The SMILES string of the molecule is COc1ccc(N)cc1NC(=O)c1ccoc1Br. The molecule has 3 N–H and O–H groups in total. The summed E-state index contributed by atoms with van der Waals surface area (Å²) in [6.45, 7) is 0. The number of methoxy groups -OCH3 is 1. The molecule has 0 aliphatic carbocycles. The van der Waals surface area contributed by atoms with Crippen molar-refractivity contribution in [2.75, 3.05) is 18.2 Å². The highest BCUT2D eigenvalue weighted by atomic mass is 79.9. The van der Waals surface area contributed by atoms with Crippen LogP contribution < -0.4 is 15.8 Å².